The Balaban J connectivity index is 2.14. The highest BCUT2D eigenvalue weighted by Crippen LogP contribution is 2.31. The number of carboxylic acids is 1. The molecule has 114 valence electrons. The van der Waals surface area contributed by atoms with Crippen molar-refractivity contribution in [1.82, 2.24) is 4.90 Å². The Kier molecular flexibility index (Phi) is 4.06. The normalized spacial score (nSPS) is 14.6. The second kappa shape index (κ2) is 5.63. The van der Waals surface area contributed by atoms with Crippen LogP contribution >= 0.6 is 0 Å². The van der Waals surface area contributed by atoms with Crippen LogP contribution in [-0.2, 0) is 0 Å². The third-order valence-electron chi connectivity index (χ3n) is 3.00. The highest BCUT2D eigenvalue weighted by atomic mass is 19.4. The maximum Gasteiger partial charge on any atom is 0.406 e. The number of nitrogens with one attached hydrogen (secondary N) is 1. The number of halogens is 3. The number of hydrogen-bond donors (Lipinski definition) is 2. The van der Waals surface area contributed by atoms with Crippen LogP contribution in [0, 0.1) is 0 Å². The number of anilines is 1. The van der Waals surface area contributed by atoms with Gasteiger partial charge in [-0.15, -0.1) is 0 Å². The molecule has 21 heavy (non-hydrogen) atoms. The SMILES string of the molecule is O=C(O)c1ccccc1NC(=O)N(CC(F)(F)F)C1CC1. The Labute approximate surface area is 118 Å². The fourth-order valence-electron chi connectivity index (χ4n) is 1.91. The number of para-hydroxylation sites is 1. The van der Waals surface area contributed by atoms with Crippen LogP contribution in [0.25, 0.3) is 0 Å². The number of carbonyl (C=O) groups is 2. The summed E-state index contributed by atoms with van der Waals surface area (Å²) in [7, 11) is 0. The summed E-state index contributed by atoms with van der Waals surface area (Å²) < 4.78 is 37.5. The van der Waals surface area contributed by atoms with Crippen LogP contribution in [0.3, 0.4) is 0 Å². The van der Waals surface area contributed by atoms with Crippen molar-refractivity contribution in [3.63, 3.8) is 0 Å². The van der Waals surface area contributed by atoms with E-state index in [1.54, 1.807) is 0 Å². The lowest BCUT2D eigenvalue weighted by atomic mass is 10.2. The molecule has 1 aromatic carbocycles. The molecular formula is C13H13F3N2O3. The van der Waals surface area contributed by atoms with Crippen molar-refractivity contribution >= 4 is 17.7 Å². The van der Waals surface area contributed by atoms with Crippen molar-refractivity contribution < 1.29 is 27.9 Å². The predicted octanol–water partition coefficient (Wildman–Crippen LogP) is 2.94. The lowest BCUT2D eigenvalue weighted by Gasteiger charge is -2.24. The van der Waals surface area contributed by atoms with Gasteiger partial charge in [0.1, 0.15) is 6.54 Å². The van der Waals surface area contributed by atoms with Gasteiger partial charge in [-0.05, 0) is 25.0 Å². The first-order valence-electron chi connectivity index (χ1n) is 6.24. The maximum atomic E-state index is 12.5. The fourth-order valence-corrected chi connectivity index (χ4v) is 1.91. The van der Waals surface area contributed by atoms with Crippen LogP contribution in [0.2, 0.25) is 0 Å². The number of benzene rings is 1. The van der Waals surface area contributed by atoms with Crippen LogP contribution in [0.4, 0.5) is 23.7 Å². The van der Waals surface area contributed by atoms with Crippen molar-refractivity contribution in [1.29, 1.82) is 0 Å². The van der Waals surface area contributed by atoms with Gasteiger partial charge in [-0.25, -0.2) is 9.59 Å². The first-order chi connectivity index (χ1) is 9.78. The van der Waals surface area contributed by atoms with Crippen LogP contribution in [-0.4, -0.2) is 40.8 Å². The third kappa shape index (κ3) is 4.11. The van der Waals surface area contributed by atoms with E-state index in [4.69, 9.17) is 5.11 Å². The highest BCUT2D eigenvalue weighted by molar-refractivity contribution is 6.00. The topological polar surface area (TPSA) is 69.6 Å². The van der Waals surface area contributed by atoms with Gasteiger partial charge in [0.05, 0.1) is 11.3 Å². The summed E-state index contributed by atoms with van der Waals surface area (Å²) in [6.07, 6.45) is -3.46. The monoisotopic (exact) mass is 302 g/mol. The molecule has 0 atom stereocenters. The number of urea groups is 1. The standard InChI is InChI=1S/C13H13F3N2O3/c14-13(15,16)7-18(8-5-6-8)12(21)17-10-4-2-1-3-9(10)11(19)20/h1-4,8H,5-7H2,(H,17,21)(H,19,20). The number of nitrogens with zero attached hydrogens (tertiary/aromatic N) is 1. The van der Waals surface area contributed by atoms with Gasteiger partial charge >= 0.3 is 18.2 Å². The molecule has 0 unspecified atom stereocenters. The lowest BCUT2D eigenvalue weighted by molar-refractivity contribution is -0.140. The molecule has 5 nitrogen and oxygen atoms in total. The summed E-state index contributed by atoms with van der Waals surface area (Å²) in [4.78, 5) is 23.7. The molecule has 0 radical (unpaired) electrons. The number of carboxylic acid groups (broad SMARTS) is 1. The first kappa shape index (κ1) is 15.1. The first-order valence-corrected chi connectivity index (χ1v) is 6.24. The van der Waals surface area contributed by atoms with E-state index in [9.17, 15) is 22.8 Å². The molecule has 1 aromatic rings. The van der Waals surface area contributed by atoms with E-state index in [0.717, 1.165) is 0 Å². The van der Waals surface area contributed by atoms with Crippen molar-refractivity contribution in [3.05, 3.63) is 29.8 Å². The average Bonchev–Trinajstić information content (AvgIpc) is 3.19. The van der Waals surface area contributed by atoms with Crippen LogP contribution in [0.15, 0.2) is 24.3 Å². The molecule has 0 aliphatic heterocycles. The summed E-state index contributed by atoms with van der Waals surface area (Å²) in [6.45, 7) is -1.35. The zero-order chi connectivity index (χ0) is 15.6. The molecular weight excluding hydrogens is 289 g/mol. The summed E-state index contributed by atoms with van der Waals surface area (Å²) in [5.41, 5.74) is -0.198. The number of amides is 2. The Hall–Kier alpha value is -2.25. The quantitative estimate of drug-likeness (QED) is 0.898. The minimum absolute atomic E-state index is 0.0252. The molecule has 2 rings (SSSR count). The Morgan fingerprint density at radius 2 is 1.90 bits per heavy atom. The van der Waals surface area contributed by atoms with Gasteiger partial charge in [0.25, 0.3) is 0 Å². The third-order valence-corrected chi connectivity index (χ3v) is 3.00. The second-order valence-electron chi connectivity index (χ2n) is 4.76. The van der Waals surface area contributed by atoms with E-state index in [1.807, 2.05) is 0 Å². The molecule has 2 amide bonds. The lowest BCUT2D eigenvalue weighted by Crippen LogP contribution is -2.43. The van der Waals surface area contributed by atoms with Crippen LogP contribution < -0.4 is 5.32 Å². The number of alkyl halides is 3. The molecule has 1 aliphatic rings. The molecule has 1 fully saturated rings. The van der Waals surface area contributed by atoms with Gasteiger partial charge in [-0.1, -0.05) is 12.1 Å². The minimum atomic E-state index is -4.49. The predicted molar refractivity (Wildman–Crippen MR) is 68.2 cm³/mol. The Bertz CT molecular complexity index is 556. The largest absolute Gasteiger partial charge is 0.478 e. The fraction of sp³-hybridized carbons (Fsp3) is 0.385. The smallest absolute Gasteiger partial charge is 0.406 e. The van der Waals surface area contributed by atoms with Crippen LogP contribution in [0.1, 0.15) is 23.2 Å². The van der Waals surface area contributed by atoms with Gasteiger partial charge < -0.3 is 15.3 Å². The van der Waals surface area contributed by atoms with E-state index >= 15 is 0 Å². The number of aromatic carboxylic acids is 1. The number of carbonyl (C=O) groups excluding carboxylic acids is 1. The maximum absolute atomic E-state index is 12.5. The molecule has 0 saturated heterocycles. The van der Waals surface area contributed by atoms with Gasteiger partial charge in [0.15, 0.2) is 0 Å². The van der Waals surface area contributed by atoms with E-state index in [2.05, 4.69) is 5.32 Å². The van der Waals surface area contributed by atoms with E-state index in [-0.39, 0.29) is 11.3 Å². The van der Waals surface area contributed by atoms with Crippen molar-refractivity contribution in [2.75, 3.05) is 11.9 Å². The van der Waals surface area contributed by atoms with E-state index in [0.29, 0.717) is 17.7 Å². The summed E-state index contributed by atoms with van der Waals surface area (Å²) in [5, 5.41) is 11.2. The molecule has 0 heterocycles. The summed E-state index contributed by atoms with van der Waals surface area (Å²) >= 11 is 0. The summed E-state index contributed by atoms with van der Waals surface area (Å²) in [6, 6.07) is 4.18. The summed E-state index contributed by atoms with van der Waals surface area (Å²) in [5.74, 6) is -1.26. The van der Waals surface area contributed by atoms with E-state index in [1.165, 1.54) is 24.3 Å². The Morgan fingerprint density at radius 1 is 1.29 bits per heavy atom. The molecule has 0 bridgehead atoms. The van der Waals surface area contributed by atoms with Crippen LogP contribution in [0.5, 0.6) is 0 Å². The average molecular weight is 302 g/mol. The molecule has 2 N–H and O–H groups in total. The van der Waals surface area contributed by atoms with Crippen molar-refractivity contribution in [2.45, 2.75) is 25.1 Å². The number of rotatable bonds is 4. The second-order valence-corrected chi connectivity index (χ2v) is 4.76. The van der Waals surface area contributed by atoms with Gasteiger partial charge in [-0.2, -0.15) is 13.2 Å². The molecule has 1 aliphatic carbocycles. The molecule has 8 heteroatoms. The molecule has 0 spiro atoms. The Morgan fingerprint density at radius 3 is 2.43 bits per heavy atom. The minimum Gasteiger partial charge on any atom is -0.478 e. The zero-order valence-electron chi connectivity index (χ0n) is 10.9. The van der Waals surface area contributed by atoms with Gasteiger partial charge in [0, 0.05) is 6.04 Å². The highest BCUT2D eigenvalue weighted by Gasteiger charge is 2.40. The van der Waals surface area contributed by atoms with E-state index < -0.39 is 30.8 Å². The van der Waals surface area contributed by atoms with Gasteiger partial charge in [-0.3, -0.25) is 0 Å². The molecule has 1 saturated carbocycles. The van der Waals surface area contributed by atoms with Crippen molar-refractivity contribution in [3.8, 4) is 0 Å². The van der Waals surface area contributed by atoms with Gasteiger partial charge in [0.2, 0.25) is 0 Å². The van der Waals surface area contributed by atoms with Crippen molar-refractivity contribution in [2.24, 2.45) is 0 Å². The zero-order valence-corrected chi connectivity index (χ0v) is 10.9. The number of hydrogen-bond acceptors (Lipinski definition) is 2. The molecule has 0 aromatic heterocycles.